The zero-order valence-corrected chi connectivity index (χ0v) is 6.68. The van der Waals surface area contributed by atoms with Gasteiger partial charge in [-0.2, -0.15) is 0 Å². The maximum atomic E-state index is 5.00. The normalized spacial score (nSPS) is 23.4. The summed E-state index contributed by atoms with van der Waals surface area (Å²) in [4.78, 5) is 4.62. The van der Waals surface area contributed by atoms with Crippen molar-refractivity contribution >= 4 is 0 Å². The van der Waals surface area contributed by atoms with Crippen molar-refractivity contribution in [1.82, 2.24) is 0 Å². The molecule has 10 heavy (non-hydrogen) atoms. The van der Waals surface area contributed by atoms with E-state index in [1.54, 1.807) is 0 Å². The highest BCUT2D eigenvalue weighted by molar-refractivity contribution is 4.71. The van der Waals surface area contributed by atoms with E-state index in [1.807, 2.05) is 0 Å². The van der Waals surface area contributed by atoms with Crippen molar-refractivity contribution < 1.29 is 4.84 Å². The molecule has 0 heterocycles. The zero-order valence-electron chi connectivity index (χ0n) is 6.68. The lowest BCUT2D eigenvalue weighted by Crippen LogP contribution is -2.16. The zero-order chi connectivity index (χ0) is 7.40. The summed E-state index contributed by atoms with van der Waals surface area (Å²) in [5.74, 6) is 6.54. The van der Waals surface area contributed by atoms with Crippen molar-refractivity contribution in [3.8, 4) is 0 Å². The van der Waals surface area contributed by atoms with Crippen LogP contribution in [-0.4, -0.2) is 6.61 Å². The first-order chi connectivity index (χ1) is 4.84. The molecule has 1 rings (SSSR count). The van der Waals surface area contributed by atoms with Crippen LogP contribution in [-0.2, 0) is 4.84 Å². The minimum atomic E-state index is 0.660. The lowest BCUT2D eigenvalue weighted by molar-refractivity contribution is 0.0859. The Labute approximate surface area is 62.7 Å². The van der Waals surface area contributed by atoms with E-state index in [-0.39, 0.29) is 0 Å². The Morgan fingerprint density at radius 3 is 2.60 bits per heavy atom. The quantitative estimate of drug-likeness (QED) is 0.610. The molecule has 0 aromatic rings. The molecule has 2 N–H and O–H groups in total. The van der Waals surface area contributed by atoms with E-state index >= 15 is 0 Å². The van der Waals surface area contributed by atoms with Crippen LogP contribution in [0, 0.1) is 11.8 Å². The average molecular weight is 143 g/mol. The Morgan fingerprint density at radius 2 is 2.10 bits per heavy atom. The van der Waals surface area contributed by atoms with Gasteiger partial charge in [-0.25, -0.2) is 5.90 Å². The van der Waals surface area contributed by atoms with Crippen molar-refractivity contribution in [3.63, 3.8) is 0 Å². The molecule has 2 nitrogen and oxygen atoms in total. The fourth-order valence-corrected chi connectivity index (χ4v) is 1.81. The summed E-state index contributed by atoms with van der Waals surface area (Å²) in [6.07, 6.45) is 5.56. The molecule has 0 saturated heterocycles. The molecular formula is C8H17NO. The molecule has 1 aliphatic carbocycles. The third-order valence-corrected chi connectivity index (χ3v) is 2.56. The highest BCUT2D eigenvalue weighted by Gasteiger charge is 2.20. The van der Waals surface area contributed by atoms with Crippen molar-refractivity contribution in [2.75, 3.05) is 6.61 Å². The van der Waals surface area contributed by atoms with Gasteiger partial charge in [0.15, 0.2) is 0 Å². The standard InChI is InChI=1S/C8H17NO/c1-7(6-10-9)8-4-2-3-5-8/h7-8H,2-6,9H2,1H3. The number of hydrogen-bond donors (Lipinski definition) is 1. The van der Waals surface area contributed by atoms with Gasteiger partial charge in [0.05, 0.1) is 6.61 Å². The topological polar surface area (TPSA) is 35.2 Å². The van der Waals surface area contributed by atoms with Gasteiger partial charge in [0.25, 0.3) is 0 Å². The predicted octanol–water partition coefficient (Wildman–Crippen LogP) is 1.70. The Bertz CT molecular complexity index is 89.3. The fraction of sp³-hybridized carbons (Fsp3) is 1.00. The minimum absolute atomic E-state index is 0.660. The van der Waals surface area contributed by atoms with Crippen LogP contribution in [0.25, 0.3) is 0 Å². The first-order valence-corrected chi connectivity index (χ1v) is 4.16. The van der Waals surface area contributed by atoms with Crippen molar-refractivity contribution in [3.05, 3.63) is 0 Å². The lowest BCUT2D eigenvalue weighted by Gasteiger charge is -2.16. The van der Waals surface area contributed by atoms with Crippen LogP contribution in [0.1, 0.15) is 32.6 Å². The van der Waals surface area contributed by atoms with Crippen LogP contribution < -0.4 is 5.90 Å². The van der Waals surface area contributed by atoms with E-state index in [1.165, 1.54) is 25.7 Å². The Morgan fingerprint density at radius 1 is 1.50 bits per heavy atom. The third-order valence-electron chi connectivity index (χ3n) is 2.56. The van der Waals surface area contributed by atoms with Crippen LogP contribution in [0.15, 0.2) is 0 Å². The smallest absolute Gasteiger partial charge is 0.0707 e. The van der Waals surface area contributed by atoms with Gasteiger partial charge >= 0.3 is 0 Å². The lowest BCUT2D eigenvalue weighted by atomic mass is 9.94. The predicted molar refractivity (Wildman–Crippen MR) is 41.3 cm³/mol. The summed E-state index contributed by atoms with van der Waals surface area (Å²) in [5.41, 5.74) is 0. The first-order valence-electron chi connectivity index (χ1n) is 4.16. The van der Waals surface area contributed by atoms with Crippen LogP contribution in [0.2, 0.25) is 0 Å². The Balaban J connectivity index is 2.18. The third kappa shape index (κ3) is 1.96. The molecule has 1 atom stereocenters. The average Bonchev–Trinajstić information content (AvgIpc) is 2.38. The second-order valence-electron chi connectivity index (χ2n) is 3.36. The number of rotatable bonds is 3. The van der Waals surface area contributed by atoms with Crippen molar-refractivity contribution in [2.45, 2.75) is 32.6 Å². The molecule has 2 heteroatoms. The largest absolute Gasteiger partial charge is 0.304 e. The van der Waals surface area contributed by atoms with Gasteiger partial charge in [0, 0.05) is 0 Å². The van der Waals surface area contributed by atoms with Crippen LogP contribution in [0.5, 0.6) is 0 Å². The number of nitrogens with two attached hydrogens (primary N) is 1. The fourth-order valence-electron chi connectivity index (χ4n) is 1.81. The van der Waals surface area contributed by atoms with Gasteiger partial charge in [-0.3, -0.25) is 0 Å². The molecule has 60 valence electrons. The van der Waals surface area contributed by atoms with Crippen LogP contribution in [0.3, 0.4) is 0 Å². The monoisotopic (exact) mass is 143 g/mol. The Hall–Kier alpha value is -0.0800. The molecule has 0 amide bonds. The summed E-state index contributed by atoms with van der Waals surface area (Å²) in [7, 11) is 0. The van der Waals surface area contributed by atoms with E-state index in [4.69, 9.17) is 5.90 Å². The highest BCUT2D eigenvalue weighted by atomic mass is 16.6. The van der Waals surface area contributed by atoms with E-state index in [9.17, 15) is 0 Å². The summed E-state index contributed by atoms with van der Waals surface area (Å²) < 4.78 is 0. The maximum Gasteiger partial charge on any atom is 0.0707 e. The first kappa shape index (κ1) is 8.02. The van der Waals surface area contributed by atoms with Crippen molar-refractivity contribution in [1.29, 1.82) is 0 Å². The molecule has 1 fully saturated rings. The second-order valence-corrected chi connectivity index (χ2v) is 3.36. The summed E-state index contributed by atoms with van der Waals surface area (Å²) in [6, 6.07) is 0. The van der Waals surface area contributed by atoms with Gasteiger partial charge in [-0.15, -0.1) is 0 Å². The SMILES string of the molecule is CC(CON)C1CCCC1. The molecule has 0 bridgehead atoms. The Kier molecular flexibility index (Phi) is 3.16. The molecule has 0 aliphatic heterocycles. The van der Waals surface area contributed by atoms with Gasteiger partial charge < -0.3 is 4.84 Å². The molecular weight excluding hydrogens is 126 g/mol. The van der Waals surface area contributed by atoms with Gasteiger partial charge in [0.1, 0.15) is 0 Å². The minimum Gasteiger partial charge on any atom is -0.304 e. The summed E-state index contributed by atoms with van der Waals surface area (Å²) in [6.45, 7) is 2.95. The van der Waals surface area contributed by atoms with Gasteiger partial charge in [-0.05, 0) is 11.8 Å². The molecule has 0 aromatic carbocycles. The summed E-state index contributed by atoms with van der Waals surface area (Å²) in [5, 5.41) is 0. The van der Waals surface area contributed by atoms with E-state index in [0.717, 1.165) is 12.5 Å². The summed E-state index contributed by atoms with van der Waals surface area (Å²) >= 11 is 0. The molecule has 1 unspecified atom stereocenters. The van der Waals surface area contributed by atoms with Gasteiger partial charge in [0.2, 0.25) is 0 Å². The maximum absolute atomic E-state index is 5.00. The van der Waals surface area contributed by atoms with Crippen LogP contribution in [0.4, 0.5) is 0 Å². The van der Waals surface area contributed by atoms with Crippen LogP contribution >= 0.6 is 0 Å². The second kappa shape index (κ2) is 3.94. The molecule has 0 aromatic heterocycles. The molecule has 1 saturated carbocycles. The van der Waals surface area contributed by atoms with E-state index < -0.39 is 0 Å². The van der Waals surface area contributed by atoms with Crippen molar-refractivity contribution in [2.24, 2.45) is 17.7 Å². The number of hydrogen-bond acceptors (Lipinski definition) is 2. The molecule has 0 spiro atoms. The molecule has 0 radical (unpaired) electrons. The van der Waals surface area contributed by atoms with E-state index in [2.05, 4.69) is 11.8 Å². The van der Waals surface area contributed by atoms with Gasteiger partial charge in [-0.1, -0.05) is 32.6 Å². The molecule has 1 aliphatic rings. The highest BCUT2D eigenvalue weighted by Crippen LogP contribution is 2.30. The van der Waals surface area contributed by atoms with E-state index in [0.29, 0.717) is 5.92 Å².